The van der Waals surface area contributed by atoms with Crippen LogP contribution in [-0.2, 0) is 0 Å². The summed E-state index contributed by atoms with van der Waals surface area (Å²) in [7, 11) is 0. The van der Waals surface area contributed by atoms with Gasteiger partial charge in [-0.1, -0.05) is 12.1 Å². The summed E-state index contributed by atoms with van der Waals surface area (Å²) >= 11 is 3.40. The lowest BCUT2D eigenvalue weighted by Crippen LogP contribution is -2.00. The first-order valence-electron chi connectivity index (χ1n) is 6.18. The standard InChI is InChI=1S/C16H10BrNO3/c17-13-3-1-2-11-12(16(20)21)8-14(18-15(11)13)9-4-6-10(19)7-5-9/h1-8,19H,(H,20,21). The Kier molecular flexibility index (Phi) is 3.35. The molecular weight excluding hydrogens is 334 g/mol. The van der Waals surface area contributed by atoms with Gasteiger partial charge in [-0.15, -0.1) is 0 Å². The first-order chi connectivity index (χ1) is 10.1. The normalized spacial score (nSPS) is 10.7. The van der Waals surface area contributed by atoms with E-state index in [0.29, 0.717) is 16.6 Å². The number of hydrogen-bond donors (Lipinski definition) is 2. The van der Waals surface area contributed by atoms with Gasteiger partial charge in [0.2, 0.25) is 0 Å². The first-order valence-corrected chi connectivity index (χ1v) is 6.97. The lowest BCUT2D eigenvalue weighted by atomic mass is 10.0. The molecule has 1 heterocycles. The van der Waals surface area contributed by atoms with Crippen LogP contribution in [0.4, 0.5) is 0 Å². The fourth-order valence-electron chi connectivity index (χ4n) is 2.17. The monoisotopic (exact) mass is 343 g/mol. The molecule has 104 valence electrons. The van der Waals surface area contributed by atoms with Crippen LogP contribution in [0.25, 0.3) is 22.2 Å². The van der Waals surface area contributed by atoms with Crippen molar-refractivity contribution in [2.45, 2.75) is 0 Å². The Labute approximate surface area is 128 Å². The number of pyridine rings is 1. The van der Waals surface area contributed by atoms with E-state index in [1.165, 1.54) is 0 Å². The van der Waals surface area contributed by atoms with Crippen molar-refractivity contribution in [2.75, 3.05) is 0 Å². The number of para-hydroxylation sites is 1. The van der Waals surface area contributed by atoms with Crippen LogP contribution >= 0.6 is 15.9 Å². The molecule has 5 heteroatoms. The molecule has 2 aromatic carbocycles. The number of phenols is 1. The number of aromatic nitrogens is 1. The summed E-state index contributed by atoms with van der Waals surface area (Å²) < 4.78 is 0.739. The van der Waals surface area contributed by atoms with Crippen molar-refractivity contribution in [1.82, 2.24) is 4.98 Å². The SMILES string of the molecule is O=C(O)c1cc(-c2ccc(O)cc2)nc2c(Br)cccc12. The number of nitrogens with zero attached hydrogens (tertiary/aromatic N) is 1. The van der Waals surface area contributed by atoms with E-state index in [1.54, 1.807) is 42.5 Å². The summed E-state index contributed by atoms with van der Waals surface area (Å²) in [5.74, 6) is -0.847. The maximum atomic E-state index is 11.5. The Hall–Kier alpha value is -2.40. The predicted octanol–water partition coefficient (Wildman–Crippen LogP) is 4.07. The van der Waals surface area contributed by atoms with Gasteiger partial charge in [0.25, 0.3) is 0 Å². The van der Waals surface area contributed by atoms with Crippen LogP contribution in [0.15, 0.2) is 53.0 Å². The smallest absolute Gasteiger partial charge is 0.336 e. The Morgan fingerprint density at radius 2 is 1.81 bits per heavy atom. The van der Waals surface area contributed by atoms with Crippen LogP contribution in [0.3, 0.4) is 0 Å². The van der Waals surface area contributed by atoms with Gasteiger partial charge in [-0.25, -0.2) is 9.78 Å². The summed E-state index contributed by atoms with van der Waals surface area (Å²) in [5.41, 5.74) is 2.09. The van der Waals surface area contributed by atoms with Crippen molar-refractivity contribution >= 4 is 32.8 Å². The Morgan fingerprint density at radius 1 is 1.10 bits per heavy atom. The lowest BCUT2D eigenvalue weighted by molar-refractivity contribution is 0.0699. The van der Waals surface area contributed by atoms with E-state index in [-0.39, 0.29) is 11.3 Å². The van der Waals surface area contributed by atoms with Crippen LogP contribution in [0.2, 0.25) is 0 Å². The molecule has 3 rings (SSSR count). The van der Waals surface area contributed by atoms with Gasteiger partial charge in [-0.05, 0) is 52.3 Å². The van der Waals surface area contributed by atoms with Gasteiger partial charge in [0, 0.05) is 15.4 Å². The van der Waals surface area contributed by atoms with Crippen molar-refractivity contribution in [3.05, 3.63) is 58.6 Å². The largest absolute Gasteiger partial charge is 0.508 e. The number of hydrogen-bond acceptors (Lipinski definition) is 3. The summed E-state index contributed by atoms with van der Waals surface area (Å²) in [6.45, 7) is 0. The zero-order chi connectivity index (χ0) is 15.0. The maximum Gasteiger partial charge on any atom is 0.336 e. The molecule has 21 heavy (non-hydrogen) atoms. The number of rotatable bonds is 2. The van der Waals surface area contributed by atoms with Gasteiger partial charge in [-0.3, -0.25) is 0 Å². The molecule has 3 aromatic rings. The second-order valence-electron chi connectivity index (χ2n) is 4.54. The number of carboxylic acid groups (broad SMARTS) is 1. The molecule has 0 amide bonds. The minimum absolute atomic E-state index is 0.152. The zero-order valence-electron chi connectivity index (χ0n) is 10.7. The van der Waals surface area contributed by atoms with E-state index < -0.39 is 5.97 Å². The second-order valence-corrected chi connectivity index (χ2v) is 5.40. The summed E-state index contributed by atoms with van der Waals surface area (Å²) in [4.78, 5) is 16.0. The highest BCUT2D eigenvalue weighted by atomic mass is 79.9. The molecule has 0 bridgehead atoms. The molecule has 0 aliphatic rings. The van der Waals surface area contributed by atoms with Crippen molar-refractivity contribution in [2.24, 2.45) is 0 Å². The molecular formula is C16H10BrNO3. The second kappa shape index (κ2) is 5.18. The van der Waals surface area contributed by atoms with Crippen LogP contribution in [0, 0.1) is 0 Å². The summed E-state index contributed by atoms with van der Waals surface area (Å²) in [6, 6.07) is 13.4. The Bertz CT molecular complexity index is 844. The lowest BCUT2D eigenvalue weighted by Gasteiger charge is -2.08. The molecule has 0 unspecified atom stereocenters. The molecule has 0 spiro atoms. The summed E-state index contributed by atoms with van der Waals surface area (Å²) in [6.07, 6.45) is 0. The minimum atomic E-state index is -1.000. The number of phenolic OH excluding ortho intramolecular Hbond substituents is 1. The van der Waals surface area contributed by atoms with Crippen LogP contribution in [0.5, 0.6) is 5.75 Å². The highest BCUT2D eigenvalue weighted by Gasteiger charge is 2.14. The molecule has 0 atom stereocenters. The fourth-order valence-corrected chi connectivity index (χ4v) is 2.63. The van der Waals surface area contributed by atoms with Gasteiger partial charge in [0.05, 0.1) is 16.8 Å². The predicted molar refractivity (Wildman–Crippen MR) is 83.5 cm³/mol. The molecule has 0 saturated heterocycles. The highest BCUT2D eigenvalue weighted by Crippen LogP contribution is 2.29. The number of carboxylic acids is 1. The quantitative estimate of drug-likeness (QED) is 0.735. The number of benzene rings is 2. The minimum Gasteiger partial charge on any atom is -0.508 e. The third kappa shape index (κ3) is 2.48. The van der Waals surface area contributed by atoms with Gasteiger partial charge in [0.15, 0.2) is 0 Å². The number of carbonyl (C=O) groups is 1. The van der Waals surface area contributed by atoms with Gasteiger partial charge < -0.3 is 10.2 Å². The number of aromatic carboxylic acids is 1. The molecule has 0 aliphatic carbocycles. The van der Waals surface area contributed by atoms with Crippen molar-refractivity contribution in [3.63, 3.8) is 0 Å². The van der Waals surface area contributed by atoms with Gasteiger partial charge in [-0.2, -0.15) is 0 Å². The third-order valence-corrected chi connectivity index (χ3v) is 3.82. The molecule has 0 aliphatic heterocycles. The number of halogens is 1. The fraction of sp³-hybridized carbons (Fsp3) is 0. The molecule has 0 saturated carbocycles. The summed E-state index contributed by atoms with van der Waals surface area (Å²) in [5, 5.41) is 19.3. The topological polar surface area (TPSA) is 70.4 Å². The highest BCUT2D eigenvalue weighted by molar-refractivity contribution is 9.10. The molecule has 4 nitrogen and oxygen atoms in total. The third-order valence-electron chi connectivity index (χ3n) is 3.18. The van der Waals surface area contributed by atoms with Crippen LogP contribution in [-0.4, -0.2) is 21.2 Å². The van der Waals surface area contributed by atoms with E-state index in [9.17, 15) is 15.0 Å². The van der Waals surface area contributed by atoms with E-state index in [4.69, 9.17) is 0 Å². The van der Waals surface area contributed by atoms with Gasteiger partial charge in [0.1, 0.15) is 5.75 Å². The average Bonchev–Trinajstić information content (AvgIpc) is 2.47. The average molecular weight is 344 g/mol. The van der Waals surface area contributed by atoms with E-state index in [0.717, 1.165) is 10.0 Å². The first kappa shape index (κ1) is 13.6. The van der Waals surface area contributed by atoms with Crippen LogP contribution in [0.1, 0.15) is 10.4 Å². The van der Waals surface area contributed by atoms with Gasteiger partial charge >= 0.3 is 5.97 Å². The number of aromatic hydroxyl groups is 1. The Morgan fingerprint density at radius 3 is 2.48 bits per heavy atom. The number of fused-ring (bicyclic) bond motifs is 1. The molecule has 0 fully saturated rings. The molecule has 2 N–H and O–H groups in total. The Balaban J connectivity index is 2.32. The van der Waals surface area contributed by atoms with Crippen molar-refractivity contribution < 1.29 is 15.0 Å². The van der Waals surface area contributed by atoms with Crippen molar-refractivity contribution in [3.8, 4) is 17.0 Å². The van der Waals surface area contributed by atoms with E-state index in [1.807, 2.05) is 6.07 Å². The maximum absolute atomic E-state index is 11.5. The molecule has 1 aromatic heterocycles. The zero-order valence-corrected chi connectivity index (χ0v) is 12.3. The van der Waals surface area contributed by atoms with E-state index >= 15 is 0 Å². The van der Waals surface area contributed by atoms with Crippen molar-refractivity contribution in [1.29, 1.82) is 0 Å². The van der Waals surface area contributed by atoms with Crippen LogP contribution < -0.4 is 0 Å². The van der Waals surface area contributed by atoms with E-state index in [2.05, 4.69) is 20.9 Å². The molecule has 0 radical (unpaired) electrons.